The summed E-state index contributed by atoms with van der Waals surface area (Å²) < 4.78 is 16.1. The van der Waals surface area contributed by atoms with Gasteiger partial charge in [-0.1, -0.05) is 6.07 Å². The van der Waals surface area contributed by atoms with Gasteiger partial charge in [0.05, 0.1) is 24.0 Å². The summed E-state index contributed by atoms with van der Waals surface area (Å²) in [6, 6.07) is 12.9. The van der Waals surface area contributed by atoms with Crippen molar-refractivity contribution < 1.29 is 23.8 Å². The van der Waals surface area contributed by atoms with Crippen molar-refractivity contribution in [2.75, 3.05) is 49.2 Å². The third-order valence-electron chi connectivity index (χ3n) is 6.07. The first-order valence-electron chi connectivity index (χ1n) is 10.8. The molecular formula is C24H29N3O5. The van der Waals surface area contributed by atoms with Gasteiger partial charge < -0.3 is 29.3 Å². The number of ether oxygens (including phenoxy) is 3. The Hall–Kier alpha value is -3.26. The second-order valence-corrected chi connectivity index (χ2v) is 8.01. The predicted octanol–water partition coefficient (Wildman–Crippen LogP) is 3.27. The fraction of sp³-hybridized carbons (Fsp3) is 0.417. The van der Waals surface area contributed by atoms with Crippen molar-refractivity contribution >= 4 is 28.9 Å². The van der Waals surface area contributed by atoms with Crippen LogP contribution < -0.4 is 19.9 Å². The van der Waals surface area contributed by atoms with Gasteiger partial charge in [0, 0.05) is 32.0 Å². The highest BCUT2D eigenvalue weighted by atomic mass is 16.5. The summed E-state index contributed by atoms with van der Waals surface area (Å²) in [5.74, 6) is 0.263. The monoisotopic (exact) mass is 439 g/mol. The van der Waals surface area contributed by atoms with Crippen molar-refractivity contribution in [3.63, 3.8) is 0 Å². The Morgan fingerprint density at radius 3 is 2.69 bits per heavy atom. The number of nitrogens with zero attached hydrogens (tertiary/aromatic N) is 2. The average molecular weight is 440 g/mol. The van der Waals surface area contributed by atoms with Crippen LogP contribution in [0.25, 0.3) is 0 Å². The smallest absolute Gasteiger partial charge is 0.337 e. The van der Waals surface area contributed by atoms with E-state index in [4.69, 9.17) is 14.2 Å². The Morgan fingerprint density at radius 2 is 1.94 bits per heavy atom. The normalized spacial score (nSPS) is 18.8. The van der Waals surface area contributed by atoms with E-state index in [0.29, 0.717) is 24.5 Å². The van der Waals surface area contributed by atoms with Crippen LogP contribution in [-0.2, 0) is 14.3 Å². The first kappa shape index (κ1) is 22.0. The van der Waals surface area contributed by atoms with Crippen LogP contribution >= 0.6 is 0 Å². The third-order valence-corrected chi connectivity index (χ3v) is 6.07. The maximum Gasteiger partial charge on any atom is 0.337 e. The lowest BCUT2D eigenvalue weighted by Gasteiger charge is -2.45. The van der Waals surface area contributed by atoms with E-state index in [-0.39, 0.29) is 24.7 Å². The Labute approximate surface area is 188 Å². The number of nitrogens with one attached hydrogen (secondary N) is 1. The van der Waals surface area contributed by atoms with E-state index in [9.17, 15) is 9.59 Å². The highest BCUT2D eigenvalue weighted by Gasteiger charge is 2.37. The number of likely N-dealkylation sites (N-methyl/N-ethyl adjacent to an activating group) is 1. The van der Waals surface area contributed by atoms with Gasteiger partial charge in [-0.15, -0.1) is 0 Å². The van der Waals surface area contributed by atoms with Crippen molar-refractivity contribution in [2.24, 2.45) is 0 Å². The van der Waals surface area contributed by atoms with E-state index in [2.05, 4.69) is 16.3 Å². The van der Waals surface area contributed by atoms with Crippen molar-refractivity contribution in [3.8, 4) is 5.75 Å². The maximum atomic E-state index is 12.8. The van der Waals surface area contributed by atoms with Crippen LogP contribution in [0.3, 0.4) is 0 Å². The van der Waals surface area contributed by atoms with Crippen molar-refractivity contribution in [2.45, 2.75) is 31.8 Å². The molecule has 4 rings (SSSR count). The van der Waals surface area contributed by atoms with Gasteiger partial charge in [0.15, 0.2) is 6.73 Å². The summed E-state index contributed by atoms with van der Waals surface area (Å²) in [6.45, 7) is 3.62. The lowest BCUT2D eigenvalue weighted by Crippen LogP contribution is -2.55. The summed E-state index contributed by atoms with van der Waals surface area (Å²) >= 11 is 0. The molecular weight excluding hydrogens is 410 g/mol. The number of carbonyl (C=O) groups is 2. The summed E-state index contributed by atoms with van der Waals surface area (Å²) in [4.78, 5) is 28.5. The van der Waals surface area contributed by atoms with E-state index >= 15 is 0 Å². The second-order valence-electron chi connectivity index (χ2n) is 8.01. The van der Waals surface area contributed by atoms with Crippen LogP contribution in [0.2, 0.25) is 0 Å². The van der Waals surface area contributed by atoms with Gasteiger partial charge in [0.1, 0.15) is 11.8 Å². The van der Waals surface area contributed by atoms with Gasteiger partial charge in [-0.2, -0.15) is 0 Å². The summed E-state index contributed by atoms with van der Waals surface area (Å²) in [5, 5.41) is 3.28. The number of anilines is 3. The Kier molecular flexibility index (Phi) is 6.50. The zero-order valence-corrected chi connectivity index (χ0v) is 18.7. The number of rotatable bonds is 6. The first-order valence-corrected chi connectivity index (χ1v) is 10.8. The minimum Gasteiger partial charge on any atom is -0.473 e. The first-order chi connectivity index (χ1) is 15.5. The molecule has 2 aliphatic heterocycles. The van der Waals surface area contributed by atoms with E-state index in [1.807, 2.05) is 26.1 Å². The molecule has 2 aliphatic rings. The SMILES string of the molecule is COC(=O)c1cccc(OCNc2ccc3c(c2)N(C2CCOCC2)[C@H](C)C(=O)N3C)c1. The van der Waals surface area contributed by atoms with Crippen LogP contribution in [0.4, 0.5) is 17.1 Å². The quantitative estimate of drug-likeness (QED) is 0.547. The number of hydrogen-bond acceptors (Lipinski definition) is 7. The fourth-order valence-corrected chi connectivity index (χ4v) is 4.36. The van der Waals surface area contributed by atoms with Crippen LogP contribution in [0.5, 0.6) is 5.75 Å². The van der Waals surface area contributed by atoms with Gasteiger partial charge in [0.25, 0.3) is 0 Å². The molecule has 8 nitrogen and oxygen atoms in total. The summed E-state index contributed by atoms with van der Waals surface area (Å²) in [5.41, 5.74) is 3.26. The molecule has 0 aliphatic carbocycles. The molecule has 32 heavy (non-hydrogen) atoms. The Morgan fingerprint density at radius 1 is 1.16 bits per heavy atom. The predicted molar refractivity (Wildman–Crippen MR) is 123 cm³/mol. The Balaban J connectivity index is 1.50. The highest BCUT2D eigenvalue weighted by Crippen LogP contribution is 2.40. The molecule has 0 unspecified atom stereocenters. The number of amides is 1. The third kappa shape index (κ3) is 4.36. The molecule has 170 valence electrons. The molecule has 0 bridgehead atoms. The zero-order chi connectivity index (χ0) is 22.7. The number of methoxy groups -OCH3 is 1. The van der Waals surface area contributed by atoms with Gasteiger partial charge in [-0.3, -0.25) is 4.79 Å². The van der Waals surface area contributed by atoms with Crippen LogP contribution in [0.15, 0.2) is 42.5 Å². The molecule has 2 aromatic carbocycles. The lowest BCUT2D eigenvalue weighted by atomic mass is 9.99. The van der Waals surface area contributed by atoms with Gasteiger partial charge in [-0.25, -0.2) is 4.79 Å². The molecule has 1 saturated heterocycles. The average Bonchev–Trinajstić information content (AvgIpc) is 2.83. The minimum absolute atomic E-state index is 0.0959. The number of hydrogen-bond donors (Lipinski definition) is 1. The molecule has 1 N–H and O–H groups in total. The fourth-order valence-electron chi connectivity index (χ4n) is 4.36. The van der Waals surface area contributed by atoms with E-state index in [0.717, 1.165) is 29.9 Å². The molecule has 0 spiro atoms. The molecule has 2 aromatic rings. The number of esters is 1. The number of benzene rings is 2. The van der Waals surface area contributed by atoms with Gasteiger partial charge >= 0.3 is 5.97 Å². The summed E-state index contributed by atoms with van der Waals surface area (Å²) in [6.07, 6.45) is 1.80. The van der Waals surface area contributed by atoms with Crippen molar-refractivity contribution in [1.82, 2.24) is 0 Å². The topological polar surface area (TPSA) is 80.3 Å². The molecule has 0 aromatic heterocycles. The highest BCUT2D eigenvalue weighted by molar-refractivity contribution is 6.05. The lowest BCUT2D eigenvalue weighted by molar-refractivity contribution is -0.119. The number of fused-ring (bicyclic) bond motifs is 1. The molecule has 1 amide bonds. The molecule has 1 fully saturated rings. The molecule has 8 heteroatoms. The van der Waals surface area contributed by atoms with Crippen molar-refractivity contribution in [3.05, 3.63) is 48.0 Å². The van der Waals surface area contributed by atoms with Gasteiger partial charge in [0.2, 0.25) is 5.91 Å². The van der Waals surface area contributed by atoms with Crippen LogP contribution in [0.1, 0.15) is 30.1 Å². The van der Waals surface area contributed by atoms with Gasteiger partial charge in [-0.05, 0) is 56.2 Å². The van der Waals surface area contributed by atoms with Crippen LogP contribution in [0, 0.1) is 0 Å². The second kappa shape index (κ2) is 9.48. The maximum absolute atomic E-state index is 12.8. The zero-order valence-electron chi connectivity index (χ0n) is 18.7. The molecule has 0 saturated carbocycles. The van der Waals surface area contributed by atoms with Crippen molar-refractivity contribution in [1.29, 1.82) is 0 Å². The molecule has 2 heterocycles. The largest absolute Gasteiger partial charge is 0.473 e. The van der Waals surface area contributed by atoms with E-state index in [1.165, 1.54) is 7.11 Å². The Bertz CT molecular complexity index is 989. The molecule has 1 atom stereocenters. The van der Waals surface area contributed by atoms with E-state index in [1.54, 1.807) is 29.2 Å². The van der Waals surface area contributed by atoms with E-state index < -0.39 is 5.97 Å². The van der Waals surface area contributed by atoms with Crippen LogP contribution in [-0.4, -0.2) is 58.1 Å². The molecule has 0 radical (unpaired) electrons. The standard InChI is InChI=1S/C24H29N3O5/c1-16-23(28)26(2)21-8-7-18(14-22(21)27(16)19-9-11-31-12-10-19)25-15-32-20-6-4-5-17(13-20)24(29)30-3/h4-8,13-14,16,19,25H,9-12,15H2,1-3H3/t16-/m1/s1. The summed E-state index contributed by atoms with van der Waals surface area (Å²) in [7, 11) is 3.17. The number of carbonyl (C=O) groups excluding carboxylic acids is 2. The minimum atomic E-state index is -0.404.